The first-order chi connectivity index (χ1) is 7.07. The molecule has 0 radical (unpaired) electrons. The Labute approximate surface area is 90.6 Å². The summed E-state index contributed by atoms with van der Waals surface area (Å²) in [5.74, 6) is 0.183. The van der Waals surface area contributed by atoms with Crippen LogP contribution >= 0.6 is 0 Å². The summed E-state index contributed by atoms with van der Waals surface area (Å²) in [5.41, 5.74) is 0. The van der Waals surface area contributed by atoms with Gasteiger partial charge in [0, 0.05) is 0 Å². The molecule has 0 aliphatic heterocycles. The normalized spacial score (nSPS) is 15.6. The summed E-state index contributed by atoms with van der Waals surface area (Å²) in [7, 11) is 0. The molecule has 2 atom stereocenters. The highest BCUT2D eigenvalue weighted by Gasteiger charge is 2.08. The summed E-state index contributed by atoms with van der Waals surface area (Å²) in [5, 5.41) is 26.8. The lowest BCUT2D eigenvalue weighted by atomic mass is 10.1. The molecule has 2 unspecified atom stereocenters. The highest BCUT2D eigenvalue weighted by Crippen LogP contribution is 2.00. The monoisotopic (exact) mass is 222 g/mol. The van der Waals surface area contributed by atoms with Gasteiger partial charge < -0.3 is 24.8 Å². The van der Waals surface area contributed by atoms with Crippen molar-refractivity contribution in [2.75, 3.05) is 33.0 Å². The highest BCUT2D eigenvalue weighted by molar-refractivity contribution is 4.57. The quantitative estimate of drug-likeness (QED) is 0.454. The Morgan fingerprint density at radius 3 is 2.00 bits per heavy atom. The Morgan fingerprint density at radius 1 is 1.00 bits per heavy atom. The Balaban J connectivity index is 3.18. The molecule has 0 aromatic rings. The molecule has 0 spiro atoms. The van der Waals surface area contributed by atoms with Crippen molar-refractivity contribution in [3.05, 3.63) is 0 Å². The van der Waals surface area contributed by atoms with Crippen molar-refractivity contribution in [1.82, 2.24) is 0 Å². The van der Waals surface area contributed by atoms with Gasteiger partial charge in [0.25, 0.3) is 0 Å². The van der Waals surface area contributed by atoms with E-state index >= 15 is 0 Å². The summed E-state index contributed by atoms with van der Waals surface area (Å²) in [4.78, 5) is 0. The number of hydrogen-bond acceptors (Lipinski definition) is 5. The van der Waals surface area contributed by atoms with E-state index in [4.69, 9.17) is 19.7 Å². The van der Waals surface area contributed by atoms with Crippen molar-refractivity contribution in [2.24, 2.45) is 5.92 Å². The van der Waals surface area contributed by atoms with Crippen LogP contribution in [0.2, 0.25) is 0 Å². The molecule has 0 aliphatic rings. The van der Waals surface area contributed by atoms with Crippen molar-refractivity contribution in [3.8, 4) is 0 Å². The maximum atomic E-state index is 9.37. The van der Waals surface area contributed by atoms with Gasteiger partial charge in [-0.2, -0.15) is 0 Å². The van der Waals surface area contributed by atoms with Crippen LogP contribution in [0.3, 0.4) is 0 Å². The maximum Gasteiger partial charge on any atom is 0.100 e. The largest absolute Gasteiger partial charge is 0.394 e. The fourth-order valence-corrected chi connectivity index (χ4v) is 0.786. The number of ether oxygens (including phenoxy) is 2. The van der Waals surface area contributed by atoms with Crippen LogP contribution in [0.4, 0.5) is 0 Å². The summed E-state index contributed by atoms with van der Waals surface area (Å²) < 4.78 is 10.2. The van der Waals surface area contributed by atoms with Gasteiger partial charge >= 0.3 is 0 Å². The first-order valence-corrected chi connectivity index (χ1v) is 5.20. The van der Waals surface area contributed by atoms with Crippen LogP contribution in [-0.4, -0.2) is 60.6 Å². The second kappa shape index (κ2) is 9.06. The summed E-state index contributed by atoms with van der Waals surface area (Å²) >= 11 is 0. The third kappa shape index (κ3) is 8.77. The molecule has 0 amide bonds. The number of hydrogen-bond donors (Lipinski definition) is 3. The summed E-state index contributed by atoms with van der Waals surface area (Å²) in [6, 6.07) is 0. The van der Waals surface area contributed by atoms with Gasteiger partial charge in [-0.1, -0.05) is 13.8 Å². The van der Waals surface area contributed by atoms with Gasteiger partial charge in [0.05, 0.1) is 39.1 Å². The molecule has 5 heteroatoms. The third-order valence-electron chi connectivity index (χ3n) is 1.95. The molecule has 0 saturated carbocycles. The van der Waals surface area contributed by atoms with Crippen molar-refractivity contribution < 1.29 is 24.8 Å². The molecule has 0 saturated heterocycles. The van der Waals surface area contributed by atoms with E-state index < -0.39 is 12.2 Å². The van der Waals surface area contributed by atoms with Crippen molar-refractivity contribution >= 4 is 0 Å². The van der Waals surface area contributed by atoms with E-state index in [1.165, 1.54) is 0 Å². The molecule has 15 heavy (non-hydrogen) atoms. The van der Waals surface area contributed by atoms with Crippen molar-refractivity contribution in [3.63, 3.8) is 0 Å². The highest BCUT2D eigenvalue weighted by atomic mass is 16.5. The standard InChI is InChI=1S/C10H22O5/c1-8(2)10(13)7-15-4-3-14-6-9(12)5-11/h8-13H,3-7H2,1-2H3. The predicted octanol–water partition coefficient (Wildman–Crippen LogP) is -0.610. The van der Waals surface area contributed by atoms with Gasteiger partial charge in [0.15, 0.2) is 0 Å². The van der Waals surface area contributed by atoms with E-state index in [1.807, 2.05) is 13.8 Å². The number of rotatable bonds is 9. The molecule has 0 bridgehead atoms. The zero-order valence-corrected chi connectivity index (χ0v) is 9.43. The molecule has 0 aromatic carbocycles. The van der Waals surface area contributed by atoms with Gasteiger partial charge in [-0.25, -0.2) is 0 Å². The lowest BCUT2D eigenvalue weighted by molar-refractivity contribution is -0.0342. The molecule has 0 fully saturated rings. The molecule has 0 aromatic heterocycles. The van der Waals surface area contributed by atoms with Crippen LogP contribution in [0.25, 0.3) is 0 Å². The Bertz CT molecular complexity index is 140. The zero-order valence-electron chi connectivity index (χ0n) is 9.43. The van der Waals surface area contributed by atoms with Crippen LogP contribution in [0.1, 0.15) is 13.8 Å². The van der Waals surface area contributed by atoms with E-state index in [2.05, 4.69) is 0 Å². The van der Waals surface area contributed by atoms with Gasteiger partial charge in [-0.05, 0) is 5.92 Å². The minimum atomic E-state index is -0.828. The van der Waals surface area contributed by atoms with Crippen LogP contribution < -0.4 is 0 Å². The van der Waals surface area contributed by atoms with Crippen LogP contribution in [0, 0.1) is 5.92 Å². The molecule has 3 N–H and O–H groups in total. The average molecular weight is 222 g/mol. The Morgan fingerprint density at radius 2 is 1.53 bits per heavy atom. The van der Waals surface area contributed by atoms with Crippen LogP contribution in [0.15, 0.2) is 0 Å². The maximum absolute atomic E-state index is 9.37. The molecule has 0 rings (SSSR count). The lowest BCUT2D eigenvalue weighted by Crippen LogP contribution is -2.24. The first-order valence-electron chi connectivity index (χ1n) is 5.20. The lowest BCUT2D eigenvalue weighted by Gasteiger charge is -2.14. The number of aliphatic hydroxyl groups excluding tert-OH is 3. The van der Waals surface area contributed by atoms with Crippen LogP contribution in [-0.2, 0) is 9.47 Å². The van der Waals surface area contributed by atoms with Gasteiger partial charge in [0.1, 0.15) is 6.10 Å². The minimum absolute atomic E-state index is 0.104. The average Bonchev–Trinajstić information content (AvgIpc) is 2.22. The molecular formula is C10H22O5. The fourth-order valence-electron chi connectivity index (χ4n) is 0.786. The molecule has 0 aliphatic carbocycles. The fraction of sp³-hybridized carbons (Fsp3) is 1.00. The third-order valence-corrected chi connectivity index (χ3v) is 1.95. The summed E-state index contributed by atoms with van der Waals surface area (Å²) in [6.45, 7) is 4.66. The molecule has 5 nitrogen and oxygen atoms in total. The topological polar surface area (TPSA) is 79.2 Å². The molecular weight excluding hydrogens is 200 g/mol. The minimum Gasteiger partial charge on any atom is -0.394 e. The van der Waals surface area contributed by atoms with E-state index in [1.54, 1.807) is 0 Å². The van der Waals surface area contributed by atoms with E-state index in [0.29, 0.717) is 19.8 Å². The van der Waals surface area contributed by atoms with E-state index in [0.717, 1.165) is 0 Å². The van der Waals surface area contributed by atoms with Gasteiger partial charge in [0.2, 0.25) is 0 Å². The molecule has 0 heterocycles. The second-order valence-corrected chi connectivity index (χ2v) is 3.80. The Hall–Kier alpha value is -0.200. The molecule has 92 valence electrons. The zero-order chi connectivity index (χ0) is 11.7. The first kappa shape index (κ1) is 14.8. The van der Waals surface area contributed by atoms with Gasteiger partial charge in [-0.3, -0.25) is 0 Å². The Kier molecular flexibility index (Phi) is 8.94. The second-order valence-electron chi connectivity index (χ2n) is 3.80. The predicted molar refractivity (Wildman–Crippen MR) is 55.6 cm³/mol. The van der Waals surface area contributed by atoms with Crippen molar-refractivity contribution in [1.29, 1.82) is 0 Å². The van der Waals surface area contributed by atoms with Gasteiger partial charge in [-0.15, -0.1) is 0 Å². The summed E-state index contributed by atoms with van der Waals surface area (Å²) in [6.07, 6.45) is -1.28. The SMILES string of the molecule is CC(C)C(O)COCCOCC(O)CO. The van der Waals surface area contributed by atoms with E-state index in [9.17, 15) is 5.11 Å². The number of aliphatic hydroxyl groups is 3. The van der Waals surface area contributed by atoms with Crippen LogP contribution in [0.5, 0.6) is 0 Å². The van der Waals surface area contributed by atoms with Crippen molar-refractivity contribution in [2.45, 2.75) is 26.1 Å². The van der Waals surface area contributed by atoms with E-state index in [-0.39, 0.29) is 19.1 Å². The smallest absolute Gasteiger partial charge is 0.100 e.